The predicted molar refractivity (Wildman–Crippen MR) is 84.3 cm³/mol. The molecule has 3 aromatic carbocycles. The van der Waals surface area contributed by atoms with Gasteiger partial charge in [0.2, 0.25) is 0 Å². The van der Waals surface area contributed by atoms with Crippen LogP contribution in [-0.4, -0.2) is 5.11 Å². The van der Waals surface area contributed by atoms with E-state index in [-0.39, 0.29) is 5.75 Å². The summed E-state index contributed by atoms with van der Waals surface area (Å²) in [6.45, 7) is 0.533. The highest BCUT2D eigenvalue weighted by atomic mass is 16.5. The number of rotatable bonds is 4. The lowest BCUT2D eigenvalue weighted by Gasteiger charge is -2.09. The van der Waals surface area contributed by atoms with Crippen molar-refractivity contribution < 1.29 is 9.84 Å². The van der Waals surface area contributed by atoms with Gasteiger partial charge in [-0.05, 0) is 29.3 Å². The van der Waals surface area contributed by atoms with Crippen molar-refractivity contribution in [3.8, 4) is 22.6 Å². The first-order chi connectivity index (χ1) is 10.3. The van der Waals surface area contributed by atoms with Gasteiger partial charge in [-0.3, -0.25) is 0 Å². The molecule has 0 atom stereocenters. The van der Waals surface area contributed by atoms with Gasteiger partial charge in [-0.25, -0.2) is 0 Å². The molecule has 0 amide bonds. The summed E-state index contributed by atoms with van der Waals surface area (Å²) < 4.78 is 5.81. The lowest BCUT2D eigenvalue weighted by molar-refractivity contribution is 0.306. The highest BCUT2D eigenvalue weighted by Gasteiger charge is 2.04. The average Bonchev–Trinajstić information content (AvgIpc) is 2.55. The molecular weight excluding hydrogens is 260 g/mol. The molecule has 0 saturated carbocycles. The summed E-state index contributed by atoms with van der Waals surface area (Å²) in [7, 11) is 0. The molecule has 1 N–H and O–H groups in total. The molecule has 0 aliphatic carbocycles. The van der Waals surface area contributed by atoms with Crippen LogP contribution in [0, 0.1) is 0 Å². The van der Waals surface area contributed by atoms with Crippen molar-refractivity contribution in [3.63, 3.8) is 0 Å². The molecule has 3 aromatic rings. The van der Waals surface area contributed by atoms with Crippen molar-refractivity contribution in [2.45, 2.75) is 6.61 Å². The lowest BCUT2D eigenvalue weighted by Crippen LogP contribution is -1.95. The van der Waals surface area contributed by atoms with E-state index >= 15 is 0 Å². The molecule has 3 rings (SSSR count). The molecule has 2 heteroatoms. The number of para-hydroxylation sites is 1. The summed E-state index contributed by atoms with van der Waals surface area (Å²) in [6, 6.07) is 25.1. The van der Waals surface area contributed by atoms with Crippen LogP contribution in [0.15, 0.2) is 78.9 Å². The van der Waals surface area contributed by atoms with Crippen molar-refractivity contribution in [2.24, 2.45) is 0 Å². The van der Waals surface area contributed by atoms with Gasteiger partial charge in [0.05, 0.1) is 0 Å². The Labute approximate surface area is 124 Å². The third-order valence-electron chi connectivity index (χ3n) is 3.30. The second kappa shape index (κ2) is 6.14. The molecule has 21 heavy (non-hydrogen) atoms. The van der Waals surface area contributed by atoms with Gasteiger partial charge in [0.15, 0.2) is 0 Å². The van der Waals surface area contributed by atoms with Gasteiger partial charge in [-0.1, -0.05) is 60.7 Å². The van der Waals surface area contributed by atoms with Crippen LogP contribution >= 0.6 is 0 Å². The van der Waals surface area contributed by atoms with E-state index in [1.807, 2.05) is 72.8 Å². The first-order valence-electron chi connectivity index (χ1n) is 6.88. The Morgan fingerprint density at radius 3 is 2.33 bits per heavy atom. The Bertz CT molecular complexity index is 720. The molecule has 0 spiro atoms. The van der Waals surface area contributed by atoms with Crippen LogP contribution in [0.2, 0.25) is 0 Å². The Morgan fingerprint density at radius 1 is 0.762 bits per heavy atom. The van der Waals surface area contributed by atoms with Gasteiger partial charge in [0.1, 0.15) is 18.1 Å². The highest BCUT2D eigenvalue weighted by molar-refractivity contribution is 5.70. The minimum atomic E-state index is 0.276. The number of ether oxygens (including phenoxy) is 1. The maximum absolute atomic E-state index is 9.92. The van der Waals surface area contributed by atoms with Crippen molar-refractivity contribution in [2.75, 3.05) is 0 Å². The van der Waals surface area contributed by atoms with E-state index in [4.69, 9.17) is 4.74 Å². The van der Waals surface area contributed by atoms with E-state index in [2.05, 4.69) is 0 Å². The third-order valence-corrected chi connectivity index (χ3v) is 3.30. The highest BCUT2D eigenvalue weighted by Crippen LogP contribution is 2.30. The van der Waals surface area contributed by atoms with E-state index in [0.29, 0.717) is 6.61 Å². The second-order valence-corrected chi connectivity index (χ2v) is 4.82. The molecule has 0 aromatic heterocycles. The van der Waals surface area contributed by atoms with Crippen LogP contribution in [0.25, 0.3) is 11.1 Å². The molecule has 0 fully saturated rings. The van der Waals surface area contributed by atoms with Crippen LogP contribution in [-0.2, 0) is 6.61 Å². The first-order valence-corrected chi connectivity index (χ1v) is 6.88. The molecule has 104 valence electrons. The molecule has 0 saturated heterocycles. The summed E-state index contributed by atoms with van der Waals surface area (Å²) in [5, 5.41) is 9.92. The molecule has 0 unspecified atom stereocenters. The fourth-order valence-electron chi connectivity index (χ4n) is 2.21. The quantitative estimate of drug-likeness (QED) is 0.752. The Hall–Kier alpha value is -2.74. The van der Waals surface area contributed by atoms with Gasteiger partial charge < -0.3 is 9.84 Å². The van der Waals surface area contributed by atoms with E-state index < -0.39 is 0 Å². The topological polar surface area (TPSA) is 29.5 Å². The van der Waals surface area contributed by atoms with Gasteiger partial charge in [-0.2, -0.15) is 0 Å². The number of benzene rings is 3. The van der Waals surface area contributed by atoms with Gasteiger partial charge in [-0.15, -0.1) is 0 Å². The zero-order valence-corrected chi connectivity index (χ0v) is 11.6. The smallest absolute Gasteiger partial charge is 0.123 e. The summed E-state index contributed by atoms with van der Waals surface area (Å²) in [5.74, 6) is 1.07. The van der Waals surface area contributed by atoms with Crippen LogP contribution in [0.4, 0.5) is 0 Å². The third kappa shape index (κ3) is 3.23. The molecule has 0 aliphatic heterocycles. The lowest BCUT2D eigenvalue weighted by atomic mass is 10.0. The van der Waals surface area contributed by atoms with Crippen LogP contribution in [0.5, 0.6) is 11.5 Å². The molecule has 0 aliphatic rings. The molecule has 0 bridgehead atoms. The fraction of sp³-hybridized carbons (Fsp3) is 0.0526. The number of phenolic OH excluding ortho intramolecular Hbond substituents is 1. The second-order valence-electron chi connectivity index (χ2n) is 4.82. The molecule has 2 nitrogen and oxygen atoms in total. The van der Waals surface area contributed by atoms with E-state index in [1.54, 1.807) is 6.07 Å². The van der Waals surface area contributed by atoms with Crippen molar-refractivity contribution >= 4 is 0 Å². The van der Waals surface area contributed by atoms with Gasteiger partial charge >= 0.3 is 0 Å². The number of aromatic hydroxyl groups is 1. The summed E-state index contributed by atoms with van der Waals surface area (Å²) in [6.07, 6.45) is 0. The summed E-state index contributed by atoms with van der Waals surface area (Å²) in [4.78, 5) is 0. The predicted octanol–water partition coefficient (Wildman–Crippen LogP) is 4.64. The minimum Gasteiger partial charge on any atom is -0.507 e. The van der Waals surface area contributed by atoms with Gasteiger partial charge in [0, 0.05) is 5.56 Å². The Kier molecular flexibility index (Phi) is 3.88. The maximum atomic E-state index is 9.92. The van der Waals surface area contributed by atoms with E-state index in [1.165, 1.54) is 0 Å². The van der Waals surface area contributed by atoms with Crippen LogP contribution < -0.4 is 4.74 Å². The first kappa shape index (κ1) is 13.3. The zero-order valence-electron chi connectivity index (χ0n) is 11.6. The number of hydrogen-bond acceptors (Lipinski definition) is 2. The van der Waals surface area contributed by atoms with Crippen LogP contribution in [0.1, 0.15) is 5.56 Å². The maximum Gasteiger partial charge on any atom is 0.123 e. The van der Waals surface area contributed by atoms with Crippen molar-refractivity contribution in [1.29, 1.82) is 0 Å². The monoisotopic (exact) mass is 276 g/mol. The number of hydrogen-bond donors (Lipinski definition) is 1. The normalized spacial score (nSPS) is 10.3. The molecule has 0 radical (unpaired) electrons. The SMILES string of the molecule is Oc1ccccc1-c1cccc(OCc2ccccc2)c1. The standard InChI is InChI=1S/C19H16O2/c20-19-12-5-4-11-18(19)16-9-6-10-17(13-16)21-14-15-7-2-1-3-8-15/h1-13,20H,14H2. The summed E-state index contributed by atoms with van der Waals surface area (Å²) >= 11 is 0. The summed E-state index contributed by atoms with van der Waals surface area (Å²) in [5.41, 5.74) is 2.88. The van der Waals surface area contributed by atoms with E-state index in [9.17, 15) is 5.11 Å². The van der Waals surface area contributed by atoms with Crippen LogP contribution in [0.3, 0.4) is 0 Å². The zero-order chi connectivity index (χ0) is 14.5. The Morgan fingerprint density at radius 2 is 1.52 bits per heavy atom. The van der Waals surface area contributed by atoms with Crippen molar-refractivity contribution in [1.82, 2.24) is 0 Å². The van der Waals surface area contributed by atoms with Crippen molar-refractivity contribution in [3.05, 3.63) is 84.4 Å². The average molecular weight is 276 g/mol. The van der Waals surface area contributed by atoms with E-state index in [0.717, 1.165) is 22.4 Å². The molecular formula is C19H16O2. The minimum absolute atomic E-state index is 0.276. The Balaban J connectivity index is 1.79. The molecule has 0 heterocycles. The fourth-order valence-corrected chi connectivity index (χ4v) is 2.21. The number of phenols is 1. The largest absolute Gasteiger partial charge is 0.507 e. The van der Waals surface area contributed by atoms with Gasteiger partial charge in [0.25, 0.3) is 0 Å².